The highest BCUT2D eigenvalue weighted by Gasteiger charge is 2.55. The van der Waals surface area contributed by atoms with E-state index in [4.69, 9.17) is 5.26 Å². The maximum absolute atomic E-state index is 13.0. The van der Waals surface area contributed by atoms with Crippen molar-refractivity contribution >= 4 is 15.7 Å². The van der Waals surface area contributed by atoms with Crippen molar-refractivity contribution in [3.8, 4) is 6.07 Å². The summed E-state index contributed by atoms with van der Waals surface area (Å²) in [5.74, 6) is -1.48. The standard InChI is InChI=1S/C17H19FN2O3S/c18-13-1-3-14(4-2-13)24(22,23)11-12-9-17(5-6-17)10-15(12)16(21)20-8-7-19/h1-4,12,15H,5-6,8-11H2,(H,20,21)/t12-,15+/m0/s1. The predicted molar refractivity (Wildman–Crippen MR) is 85.0 cm³/mol. The molecule has 3 rings (SSSR count). The summed E-state index contributed by atoms with van der Waals surface area (Å²) in [4.78, 5) is 12.4. The van der Waals surface area contributed by atoms with Crippen molar-refractivity contribution in [1.29, 1.82) is 5.26 Å². The molecule has 0 radical (unpaired) electrons. The zero-order chi connectivity index (χ0) is 17.4. The van der Waals surface area contributed by atoms with E-state index in [-0.39, 0.29) is 40.4 Å². The van der Waals surface area contributed by atoms with Crippen molar-refractivity contribution in [2.24, 2.45) is 17.3 Å². The first-order valence-electron chi connectivity index (χ1n) is 7.98. The molecule has 2 atom stereocenters. The van der Waals surface area contributed by atoms with Crippen LogP contribution in [0.1, 0.15) is 25.7 Å². The number of carbonyl (C=O) groups excluding carboxylic acids is 1. The maximum atomic E-state index is 13.0. The van der Waals surface area contributed by atoms with Gasteiger partial charge in [0.05, 0.1) is 16.7 Å². The fourth-order valence-electron chi connectivity index (χ4n) is 3.76. The van der Waals surface area contributed by atoms with Crippen LogP contribution in [-0.2, 0) is 14.6 Å². The molecule has 1 aromatic carbocycles. The topological polar surface area (TPSA) is 87.0 Å². The molecule has 0 heterocycles. The van der Waals surface area contributed by atoms with E-state index < -0.39 is 15.7 Å². The third-order valence-corrected chi connectivity index (χ3v) is 7.02. The second-order valence-electron chi connectivity index (χ2n) is 6.89. The van der Waals surface area contributed by atoms with Crippen LogP contribution in [0.25, 0.3) is 0 Å². The van der Waals surface area contributed by atoms with E-state index in [9.17, 15) is 17.6 Å². The Morgan fingerprint density at radius 2 is 1.96 bits per heavy atom. The number of hydrogen-bond acceptors (Lipinski definition) is 4. The molecule has 2 saturated carbocycles. The fourth-order valence-corrected chi connectivity index (χ4v) is 5.42. The van der Waals surface area contributed by atoms with Crippen molar-refractivity contribution in [2.75, 3.05) is 12.3 Å². The molecular formula is C17H19FN2O3S. The molecule has 7 heteroatoms. The van der Waals surface area contributed by atoms with E-state index in [1.54, 1.807) is 0 Å². The lowest BCUT2D eigenvalue weighted by Gasteiger charge is -2.18. The molecule has 0 unspecified atom stereocenters. The minimum atomic E-state index is -3.58. The Morgan fingerprint density at radius 1 is 1.29 bits per heavy atom. The van der Waals surface area contributed by atoms with Crippen LogP contribution in [0.5, 0.6) is 0 Å². The van der Waals surface area contributed by atoms with Crippen LogP contribution in [-0.4, -0.2) is 26.6 Å². The number of benzene rings is 1. The third kappa shape index (κ3) is 3.44. The van der Waals surface area contributed by atoms with Crippen molar-refractivity contribution < 1.29 is 17.6 Å². The molecule has 2 fully saturated rings. The summed E-state index contributed by atoms with van der Waals surface area (Å²) in [7, 11) is -3.58. The Bertz CT molecular complexity index is 779. The third-order valence-electron chi connectivity index (χ3n) is 5.16. The van der Waals surface area contributed by atoms with Crippen LogP contribution >= 0.6 is 0 Å². The van der Waals surface area contributed by atoms with Gasteiger partial charge in [0.15, 0.2) is 9.84 Å². The maximum Gasteiger partial charge on any atom is 0.224 e. The smallest absolute Gasteiger partial charge is 0.224 e. The predicted octanol–water partition coefficient (Wildman–Crippen LogP) is 2.05. The lowest BCUT2D eigenvalue weighted by molar-refractivity contribution is -0.125. The van der Waals surface area contributed by atoms with E-state index in [0.29, 0.717) is 6.42 Å². The van der Waals surface area contributed by atoms with Crippen LogP contribution < -0.4 is 5.32 Å². The molecule has 0 aromatic heterocycles. The number of amides is 1. The Labute approximate surface area is 140 Å². The fraction of sp³-hybridized carbons (Fsp3) is 0.529. The first-order chi connectivity index (χ1) is 11.4. The van der Waals surface area contributed by atoms with E-state index in [1.807, 2.05) is 6.07 Å². The molecule has 1 amide bonds. The van der Waals surface area contributed by atoms with Gasteiger partial charge in [-0.1, -0.05) is 0 Å². The lowest BCUT2D eigenvalue weighted by atomic mass is 9.97. The lowest BCUT2D eigenvalue weighted by Crippen LogP contribution is -2.35. The number of sulfone groups is 1. The number of nitriles is 1. The summed E-state index contributed by atoms with van der Waals surface area (Å²) in [6, 6.07) is 6.64. The van der Waals surface area contributed by atoms with Gasteiger partial charge in [0.1, 0.15) is 12.4 Å². The van der Waals surface area contributed by atoms with Crippen LogP contribution in [0.3, 0.4) is 0 Å². The van der Waals surface area contributed by atoms with Crippen molar-refractivity contribution in [3.63, 3.8) is 0 Å². The molecule has 1 spiro atoms. The Hall–Kier alpha value is -1.94. The summed E-state index contributed by atoms with van der Waals surface area (Å²) >= 11 is 0. The summed E-state index contributed by atoms with van der Waals surface area (Å²) in [5.41, 5.74) is 0.109. The van der Waals surface area contributed by atoms with Crippen LogP contribution in [0.15, 0.2) is 29.2 Å². The van der Waals surface area contributed by atoms with Gasteiger partial charge < -0.3 is 5.32 Å². The zero-order valence-electron chi connectivity index (χ0n) is 13.2. The molecule has 24 heavy (non-hydrogen) atoms. The van der Waals surface area contributed by atoms with Crippen LogP contribution in [0, 0.1) is 34.4 Å². The normalized spacial score (nSPS) is 24.5. The van der Waals surface area contributed by atoms with Gasteiger partial charge in [-0.15, -0.1) is 0 Å². The van der Waals surface area contributed by atoms with Gasteiger partial charge in [-0.3, -0.25) is 4.79 Å². The molecular weight excluding hydrogens is 331 g/mol. The Kier molecular flexibility index (Phi) is 4.35. The van der Waals surface area contributed by atoms with Crippen molar-refractivity contribution in [3.05, 3.63) is 30.1 Å². The highest BCUT2D eigenvalue weighted by molar-refractivity contribution is 7.91. The Balaban J connectivity index is 1.77. The summed E-state index contributed by atoms with van der Waals surface area (Å²) in [5, 5.41) is 11.2. The number of rotatable bonds is 5. The first-order valence-corrected chi connectivity index (χ1v) is 9.63. The molecule has 0 saturated heterocycles. The van der Waals surface area contributed by atoms with E-state index >= 15 is 0 Å². The average Bonchev–Trinajstić information content (AvgIpc) is 3.19. The number of nitrogens with zero attached hydrogens (tertiary/aromatic N) is 1. The van der Waals surface area contributed by atoms with Crippen LogP contribution in [0.4, 0.5) is 4.39 Å². The molecule has 2 aliphatic rings. The van der Waals surface area contributed by atoms with E-state index in [0.717, 1.165) is 31.4 Å². The molecule has 1 aromatic rings. The van der Waals surface area contributed by atoms with Gasteiger partial charge in [-0.05, 0) is 61.3 Å². The second-order valence-corrected chi connectivity index (χ2v) is 8.92. The SMILES string of the molecule is N#CCNC(=O)[C@@H]1CC2(CC2)C[C@H]1CS(=O)(=O)c1ccc(F)cc1. The minimum Gasteiger partial charge on any atom is -0.343 e. The van der Waals surface area contributed by atoms with Gasteiger partial charge >= 0.3 is 0 Å². The molecule has 2 aliphatic carbocycles. The van der Waals surface area contributed by atoms with Gasteiger partial charge in [0, 0.05) is 5.92 Å². The van der Waals surface area contributed by atoms with Crippen LogP contribution in [0.2, 0.25) is 0 Å². The monoisotopic (exact) mass is 350 g/mol. The van der Waals surface area contributed by atoms with Gasteiger partial charge in [0.25, 0.3) is 0 Å². The van der Waals surface area contributed by atoms with Gasteiger partial charge in [-0.2, -0.15) is 5.26 Å². The number of nitrogens with one attached hydrogen (secondary N) is 1. The Morgan fingerprint density at radius 3 is 2.54 bits per heavy atom. The zero-order valence-corrected chi connectivity index (χ0v) is 14.0. The van der Waals surface area contributed by atoms with Gasteiger partial charge in [0.2, 0.25) is 5.91 Å². The average molecular weight is 350 g/mol. The number of carbonyl (C=O) groups is 1. The summed E-state index contributed by atoms with van der Waals surface area (Å²) in [6.45, 7) is -0.0697. The van der Waals surface area contributed by atoms with Crippen molar-refractivity contribution in [2.45, 2.75) is 30.6 Å². The van der Waals surface area contributed by atoms with Crippen molar-refractivity contribution in [1.82, 2.24) is 5.32 Å². The van der Waals surface area contributed by atoms with Gasteiger partial charge in [-0.25, -0.2) is 12.8 Å². The minimum absolute atomic E-state index is 0.0697. The van der Waals surface area contributed by atoms with E-state index in [2.05, 4.69) is 5.32 Å². The molecule has 128 valence electrons. The first kappa shape index (κ1) is 16.9. The molecule has 0 bridgehead atoms. The molecule has 5 nitrogen and oxygen atoms in total. The largest absolute Gasteiger partial charge is 0.343 e. The second kappa shape index (κ2) is 6.17. The quantitative estimate of drug-likeness (QED) is 0.650. The molecule has 1 N–H and O–H groups in total. The number of hydrogen-bond donors (Lipinski definition) is 1. The highest BCUT2D eigenvalue weighted by atomic mass is 32.2. The van der Waals surface area contributed by atoms with E-state index in [1.165, 1.54) is 12.1 Å². The highest BCUT2D eigenvalue weighted by Crippen LogP contribution is 2.61. The number of halogens is 1. The summed E-state index contributed by atoms with van der Waals surface area (Å²) in [6.07, 6.45) is 3.47. The summed E-state index contributed by atoms with van der Waals surface area (Å²) < 4.78 is 38.2. The molecule has 0 aliphatic heterocycles.